The second-order valence-electron chi connectivity index (χ2n) is 0.253. The van der Waals surface area contributed by atoms with E-state index in [9.17, 15) is 4.39 Å². The van der Waals surface area contributed by atoms with E-state index < -0.39 is 6.22 Å². The molecular formula is C3H3FO2. The van der Waals surface area contributed by atoms with E-state index >= 15 is 0 Å². The summed E-state index contributed by atoms with van der Waals surface area (Å²) < 4.78 is 9.92. The van der Waals surface area contributed by atoms with Gasteiger partial charge in [-0.1, -0.05) is 0 Å². The molecule has 0 bridgehead atoms. The summed E-state index contributed by atoms with van der Waals surface area (Å²) >= 11 is 0. The zero-order valence-electron chi connectivity index (χ0n) is 2.89. The lowest BCUT2D eigenvalue weighted by Crippen LogP contribution is -1.69. The first-order chi connectivity index (χ1) is 2.73. The average Bonchev–Trinajstić information content (AvgIpc) is 1.41. The van der Waals surface area contributed by atoms with Crippen molar-refractivity contribution in [3.8, 4) is 12.8 Å². The highest BCUT2D eigenvalue weighted by Crippen LogP contribution is 1.58. The van der Waals surface area contributed by atoms with Crippen LogP contribution in [0, 0.1) is 12.8 Å². The van der Waals surface area contributed by atoms with Gasteiger partial charge in [-0.3, -0.25) is 0 Å². The fourth-order valence-corrected chi connectivity index (χ4v) is 0. The molecule has 34 valence electrons. The Labute approximate surface area is 34.6 Å². The summed E-state index contributed by atoms with van der Waals surface area (Å²) in [6.45, 7) is 0. The molecule has 1 N–H and O–H groups in total. The molecule has 0 aromatic carbocycles. The molecule has 0 atom stereocenters. The fourth-order valence-electron chi connectivity index (χ4n) is 0. The highest BCUT2D eigenvalue weighted by atomic mass is 19.1. The zero-order valence-corrected chi connectivity index (χ0v) is 2.89. The minimum absolute atomic E-state index is 2.33. The third kappa shape index (κ3) is 10.5. The molecule has 0 aliphatic rings. The van der Waals surface area contributed by atoms with Gasteiger partial charge in [0.05, 0.1) is 0 Å². The molecule has 0 heterocycles. The smallest absolute Gasteiger partial charge is 0.456 e. The van der Waals surface area contributed by atoms with E-state index in [-0.39, 0.29) is 0 Å². The highest BCUT2D eigenvalue weighted by molar-refractivity contribution is 5.54. The second kappa shape index (κ2) is 9.03. The largest absolute Gasteiger partial charge is 0.492 e. The Morgan fingerprint density at radius 2 is 1.67 bits per heavy atom. The normalized spacial score (nSPS) is 4.50. The van der Waals surface area contributed by atoms with Crippen LogP contribution in [0.15, 0.2) is 0 Å². The molecule has 0 saturated carbocycles. The van der Waals surface area contributed by atoms with Crippen LogP contribution in [0.4, 0.5) is 9.18 Å². The van der Waals surface area contributed by atoms with Crippen LogP contribution < -0.4 is 0 Å². The summed E-state index contributed by atoms with van der Waals surface area (Å²) in [5.41, 5.74) is 0. The van der Waals surface area contributed by atoms with Crippen molar-refractivity contribution in [2.45, 2.75) is 0 Å². The van der Waals surface area contributed by atoms with Gasteiger partial charge >= 0.3 is 6.22 Å². The van der Waals surface area contributed by atoms with Gasteiger partial charge in [-0.05, 0) is 0 Å². The Balaban J connectivity index is 0. The van der Waals surface area contributed by atoms with Crippen LogP contribution in [-0.4, -0.2) is 11.3 Å². The fraction of sp³-hybridized carbons (Fsp3) is 0. The number of carbonyl (C=O) groups is 1. The monoisotopic (exact) mass is 90.0 g/mol. The first kappa shape index (κ1) is 8.88. The first-order valence-electron chi connectivity index (χ1n) is 0.950. The lowest BCUT2D eigenvalue weighted by atomic mass is 11.4. The summed E-state index contributed by atoms with van der Waals surface area (Å²) in [6, 6.07) is 0. The van der Waals surface area contributed by atoms with Crippen LogP contribution >= 0.6 is 0 Å². The molecule has 0 aliphatic carbocycles. The number of halogens is 1. The first-order valence-corrected chi connectivity index (χ1v) is 0.950. The number of carboxylic acid groups (broad SMARTS) is 1. The van der Waals surface area contributed by atoms with Crippen molar-refractivity contribution < 1.29 is 14.3 Å². The lowest BCUT2D eigenvalue weighted by molar-refractivity contribution is 0.169. The van der Waals surface area contributed by atoms with E-state index in [1.54, 1.807) is 0 Å². The second-order valence-corrected chi connectivity index (χ2v) is 0.253. The average molecular weight is 90.1 g/mol. The van der Waals surface area contributed by atoms with Gasteiger partial charge in [0.25, 0.3) is 0 Å². The van der Waals surface area contributed by atoms with Crippen molar-refractivity contribution in [2.75, 3.05) is 0 Å². The van der Waals surface area contributed by atoms with Crippen molar-refractivity contribution in [1.82, 2.24) is 0 Å². The van der Waals surface area contributed by atoms with Crippen LogP contribution in [0.2, 0.25) is 0 Å². The van der Waals surface area contributed by atoms with Crippen molar-refractivity contribution in [2.24, 2.45) is 0 Å². The molecule has 6 heavy (non-hydrogen) atoms. The third-order valence-corrected chi connectivity index (χ3v) is 0. The molecule has 0 aromatic rings. The predicted molar refractivity (Wildman–Crippen MR) is 19.0 cm³/mol. The van der Waals surface area contributed by atoms with E-state index in [0.29, 0.717) is 0 Å². The molecule has 0 aromatic heterocycles. The maximum Gasteiger partial charge on any atom is 0.492 e. The Bertz CT molecular complexity index is 53.1. The van der Waals surface area contributed by atoms with Gasteiger partial charge in [0, 0.05) is 0 Å². The molecule has 0 fully saturated rings. The molecular weight excluding hydrogens is 87.0 g/mol. The van der Waals surface area contributed by atoms with Gasteiger partial charge in [0.1, 0.15) is 0 Å². The van der Waals surface area contributed by atoms with Crippen LogP contribution in [0.1, 0.15) is 0 Å². The molecule has 2 nitrogen and oxygen atoms in total. The number of hydrogen-bond acceptors (Lipinski definition) is 1. The molecule has 0 unspecified atom stereocenters. The summed E-state index contributed by atoms with van der Waals surface area (Å²) in [7, 11) is 0. The van der Waals surface area contributed by atoms with E-state index in [1.807, 2.05) is 0 Å². The van der Waals surface area contributed by atoms with E-state index in [0.717, 1.165) is 0 Å². The molecule has 0 spiro atoms. The summed E-state index contributed by atoms with van der Waals surface area (Å²) in [4.78, 5) is 8.33. The van der Waals surface area contributed by atoms with Crippen molar-refractivity contribution in [1.29, 1.82) is 0 Å². The van der Waals surface area contributed by atoms with E-state index in [1.165, 1.54) is 0 Å². The van der Waals surface area contributed by atoms with E-state index in [4.69, 9.17) is 9.90 Å². The van der Waals surface area contributed by atoms with Crippen LogP contribution in [0.5, 0.6) is 0 Å². The quantitative estimate of drug-likeness (QED) is 0.354. The SMILES string of the molecule is C#C.O=C(O)F. The summed E-state index contributed by atoms with van der Waals surface area (Å²) in [5, 5.41) is 6.75. The molecule has 0 aliphatic heterocycles. The maximum absolute atomic E-state index is 9.92. The Hall–Kier alpha value is -1.04. The van der Waals surface area contributed by atoms with Crippen LogP contribution in [0.3, 0.4) is 0 Å². The molecule has 0 saturated heterocycles. The lowest BCUT2D eigenvalue weighted by Gasteiger charge is -1.53. The van der Waals surface area contributed by atoms with Gasteiger partial charge < -0.3 is 5.11 Å². The van der Waals surface area contributed by atoms with Crippen molar-refractivity contribution in [3.05, 3.63) is 0 Å². The van der Waals surface area contributed by atoms with Crippen LogP contribution in [0.25, 0.3) is 0 Å². The predicted octanol–water partition coefficient (Wildman–Crippen LogP) is 0.883. The summed E-state index contributed by atoms with van der Waals surface area (Å²) in [6.07, 6.45) is 5.67. The Morgan fingerprint density at radius 1 is 1.67 bits per heavy atom. The molecule has 0 rings (SSSR count). The minimum atomic E-state index is -2.33. The van der Waals surface area contributed by atoms with Gasteiger partial charge in [0.2, 0.25) is 0 Å². The Morgan fingerprint density at radius 3 is 1.67 bits per heavy atom. The summed E-state index contributed by atoms with van der Waals surface area (Å²) in [5.74, 6) is 0. The topological polar surface area (TPSA) is 37.3 Å². The van der Waals surface area contributed by atoms with E-state index in [2.05, 4.69) is 12.8 Å². The van der Waals surface area contributed by atoms with Crippen molar-refractivity contribution >= 4 is 6.22 Å². The van der Waals surface area contributed by atoms with Crippen LogP contribution in [-0.2, 0) is 0 Å². The van der Waals surface area contributed by atoms with Gasteiger partial charge in [0.15, 0.2) is 0 Å². The molecule has 0 radical (unpaired) electrons. The zero-order chi connectivity index (χ0) is 5.58. The number of hydrogen-bond donors (Lipinski definition) is 1. The highest BCUT2D eigenvalue weighted by Gasteiger charge is 1.74. The van der Waals surface area contributed by atoms with Gasteiger partial charge in [-0.15, -0.1) is 17.2 Å². The van der Waals surface area contributed by atoms with Gasteiger partial charge in [-0.2, -0.15) is 0 Å². The maximum atomic E-state index is 9.92. The molecule has 0 amide bonds. The number of terminal acetylenes is 1. The molecule has 3 heteroatoms. The third-order valence-electron chi connectivity index (χ3n) is 0. The standard InChI is InChI=1S/C2H2.CHFO2/c1-2;2-1(3)4/h1-2H;(H,3,4). The Kier molecular flexibility index (Phi) is 13.4. The van der Waals surface area contributed by atoms with Gasteiger partial charge in [-0.25, -0.2) is 4.79 Å². The number of rotatable bonds is 0. The minimum Gasteiger partial charge on any atom is -0.456 e. The van der Waals surface area contributed by atoms with Crippen molar-refractivity contribution in [3.63, 3.8) is 0 Å².